The molecule has 2 atom stereocenters. The molecular weight excluding hydrogens is 294 g/mol. The Morgan fingerprint density at radius 3 is 2.08 bits per heavy atom. The van der Waals surface area contributed by atoms with Crippen molar-refractivity contribution >= 4 is 0 Å². The third-order valence-corrected chi connectivity index (χ3v) is 5.48. The largest absolute Gasteiger partial charge is 0.384 e. The molecule has 0 saturated carbocycles. The van der Waals surface area contributed by atoms with Crippen LogP contribution in [0.25, 0.3) is 0 Å². The van der Waals surface area contributed by atoms with Crippen LogP contribution in [0.1, 0.15) is 49.7 Å². The summed E-state index contributed by atoms with van der Waals surface area (Å²) in [7, 11) is 0. The quantitative estimate of drug-likeness (QED) is 0.843. The van der Waals surface area contributed by atoms with Gasteiger partial charge in [-0.1, -0.05) is 74.0 Å². The molecule has 24 heavy (non-hydrogen) atoms. The molecule has 0 aromatic heterocycles. The lowest BCUT2D eigenvalue weighted by molar-refractivity contribution is -0.0104. The molecule has 1 heterocycles. The minimum absolute atomic E-state index is 0.0872. The lowest BCUT2D eigenvalue weighted by Crippen LogP contribution is -2.42. The summed E-state index contributed by atoms with van der Waals surface area (Å²) >= 11 is 0. The van der Waals surface area contributed by atoms with Gasteiger partial charge >= 0.3 is 0 Å². The second kappa shape index (κ2) is 7.96. The monoisotopic (exact) mass is 323 g/mol. The first kappa shape index (κ1) is 17.2. The van der Waals surface area contributed by atoms with Crippen LogP contribution in [0.3, 0.4) is 0 Å². The minimum atomic E-state index is -0.833. The van der Waals surface area contributed by atoms with Crippen LogP contribution >= 0.6 is 0 Å². The van der Waals surface area contributed by atoms with E-state index in [-0.39, 0.29) is 5.92 Å². The van der Waals surface area contributed by atoms with Gasteiger partial charge in [0, 0.05) is 12.5 Å². The van der Waals surface area contributed by atoms with Gasteiger partial charge in [-0.25, -0.2) is 0 Å². The smallest absolute Gasteiger partial charge is 0.0974 e. The van der Waals surface area contributed by atoms with E-state index < -0.39 is 5.60 Å². The van der Waals surface area contributed by atoms with Gasteiger partial charge in [0.1, 0.15) is 0 Å². The van der Waals surface area contributed by atoms with Crippen LogP contribution in [-0.4, -0.2) is 29.6 Å². The Bertz CT molecular complexity index is 606. The molecule has 0 bridgehead atoms. The Kier molecular flexibility index (Phi) is 5.70. The lowest BCUT2D eigenvalue weighted by Gasteiger charge is -2.40. The molecule has 1 saturated heterocycles. The molecule has 1 aliphatic heterocycles. The maximum atomic E-state index is 11.7. The van der Waals surface area contributed by atoms with Crippen molar-refractivity contribution in [2.45, 2.75) is 44.1 Å². The van der Waals surface area contributed by atoms with Crippen molar-refractivity contribution in [2.24, 2.45) is 0 Å². The normalized spacial score (nSPS) is 19.6. The van der Waals surface area contributed by atoms with E-state index in [1.807, 2.05) is 18.2 Å². The first-order valence-corrected chi connectivity index (χ1v) is 9.29. The third-order valence-electron chi connectivity index (χ3n) is 5.48. The summed E-state index contributed by atoms with van der Waals surface area (Å²) in [6, 6.07) is 20.7. The van der Waals surface area contributed by atoms with E-state index in [2.05, 4.69) is 54.3 Å². The zero-order valence-corrected chi connectivity index (χ0v) is 14.7. The number of rotatable bonds is 6. The van der Waals surface area contributed by atoms with E-state index in [0.717, 1.165) is 25.2 Å². The highest BCUT2D eigenvalue weighted by Gasteiger charge is 2.38. The number of hydrogen-bond donors (Lipinski definition) is 1. The van der Waals surface area contributed by atoms with E-state index in [4.69, 9.17) is 0 Å². The van der Waals surface area contributed by atoms with Crippen molar-refractivity contribution < 1.29 is 5.11 Å². The van der Waals surface area contributed by atoms with E-state index in [1.165, 1.54) is 24.8 Å². The number of likely N-dealkylation sites (tertiary alicyclic amines) is 1. The minimum Gasteiger partial charge on any atom is -0.384 e. The second-order valence-electron chi connectivity index (χ2n) is 6.97. The molecule has 1 aliphatic rings. The number of piperidine rings is 1. The van der Waals surface area contributed by atoms with E-state index in [9.17, 15) is 5.11 Å². The molecule has 0 radical (unpaired) electrons. The summed E-state index contributed by atoms with van der Waals surface area (Å²) in [6.45, 7) is 5.32. The predicted octanol–water partition coefficient (Wildman–Crippen LogP) is 4.55. The van der Waals surface area contributed by atoms with Crippen molar-refractivity contribution in [2.75, 3.05) is 19.6 Å². The molecule has 2 aromatic carbocycles. The summed E-state index contributed by atoms with van der Waals surface area (Å²) < 4.78 is 0. The molecule has 0 unspecified atom stereocenters. The van der Waals surface area contributed by atoms with Crippen LogP contribution in [0.15, 0.2) is 60.7 Å². The van der Waals surface area contributed by atoms with Gasteiger partial charge in [-0.05, 0) is 43.5 Å². The molecule has 3 rings (SSSR count). The summed E-state index contributed by atoms with van der Waals surface area (Å²) in [5, 5.41) is 11.7. The molecule has 2 aromatic rings. The maximum Gasteiger partial charge on any atom is 0.0974 e. The molecule has 2 nitrogen and oxygen atoms in total. The molecule has 0 spiro atoms. The van der Waals surface area contributed by atoms with Gasteiger partial charge in [0.15, 0.2) is 0 Å². The second-order valence-corrected chi connectivity index (χ2v) is 6.97. The van der Waals surface area contributed by atoms with Crippen LogP contribution in [0, 0.1) is 0 Å². The molecule has 2 heteroatoms. The molecule has 0 amide bonds. The van der Waals surface area contributed by atoms with Crippen LogP contribution in [0.4, 0.5) is 0 Å². The maximum absolute atomic E-state index is 11.7. The number of hydrogen-bond acceptors (Lipinski definition) is 2. The highest BCUT2D eigenvalue weighted by molar-refractivity contribution is 5.31. The molecule has 128 valence electrons. The van der Waals surface area contributed by atoms with Gasteiger partial charge in [-0.2, -0.15) is 0 Å². The summed E-state index contributed by atoms with van der Waals surface area (Å²) in [4.78, 5) is 2.53. The van der Waals surface area contributed by atoms with Crippen LogP contribution in [0.2, 0.25) is 0 Å². The van der Waals surface area contributed by atoms with Crippen molar-refractivity contribution in [1.82, 2.24) is 4.90 Å². The van der Waals surface area contributed by atoms with Crippen molar-refractivity contribution in [3.05, 3.63) is 71.8 Å². The number of nitrogens with zero attached hydrogens (tertiary/aromatic N) is 1. The Labute approximate surface area is 146 Å². The molecular formula is C22H29NO. The zero-order chi connectivity index (χ0) is 16.8. The summed E-state index contributed by atoms with van der Waals surface area (Å²) in [5.74, 6) is 0.0872. The highest BCUT2D eigenvalue weighted by Crippen LogP contribution is 2.40. The zero-order valence-electron chi connectivity index (χ0n) is 14.7. The third kappa shape index (κ3) is 3.71. The number of benzene rings is 2. The fourth-order valence-corrected chi connectivity index (χ4v) is 4.00. The van der Waals surface area contributed by atoms with Crippen molar-refractivity contribution in [3.63, 3.8) is 0 Å². The van der Waals surface area contributed by atoms with Gasteiger partial charge in [-0.15, -0.1) is 0 Å². The average Bonchev–Trinajstić information content (AvgIpc) is 2.68. The summed E-state index contributed by atoms with van der Waals surface area (Å²) in [5.41, 5.74) is 1.43. The summed E-state index contributed by atoms with van der Waals surface area (Å²) in [6.07, 6.45) is 4.60. The Balaban J connectivity index is 1.95. The highest BCUT2D eigenvalue weighted by atomic mass is 16.3. The predicted molar refractivity (Wildman–Crippen MR) is 100 cm³/mol. The molecule has 0 aliphatic carbocycles. The van der Waals surface area contributed by atoms with Gasteiger partial charge in [0.25, 0.3) is 0 Å². The first-order chi connectivity index (χ1) is 11.7. The fraction of sp³-hybridized carbons (Fsp3) is 0.455. The average molecular weight is 323 g/mol. The van der Waals surface area contributed by atoms with Crippen LogP contribution in [0.5, 0.6) is 0 Å². The van der Waals surface area contributed by atoms with Gasteiger partial charge in [0.05, 0.1) is 5.60 Å². The Morgan fingerprint density at radius 2 is 1.50 bits per heavy atom. The van der Waals surface area contributed by atoms with Gasteiger partial charge in [0.2, 0.25) is 0 Å². The first-order valence-electron chi connectivity index (χ1n) is 9.29. The number of aliphatic hydroxyl groups is 1. The van der Waals surface area contributed by atoms with Crippen LogP contribution in [-0.2, 0) is 5.60 Å². The van der Waals surface area contributed by atoms with Crippen LogP contribution < -0.4 is 0 Å². The lowest BCUT2D eigenvalue weighted by atomic mass is 9.75. The Hall–Kier alpha value is -1.64. The van der Waals surface area contributed by atoms with E-state index in [0.29, 0.717) is 6.42 Å². The molecule has 1 fully saturated rings. The Morgan fingerprint density at radius 1 is 0.917 bits per heavy atom. The van der Waals surface area contributed by atoms with E-state index in [1.54, 1.807) is 0 Å². The van der Waals surface area contributed by atoms with Crippen molar-refractivity contribution in [1.29, 1.82) is 0 Å². The fourth-order valence-electron chi connectivity index (χ4n) is 4.00. The van der Waals surface area contributed by atoms with E-state index >= 15 is 0 Å². The molecule has 1 N–H and O–H groups in total. The van der Waals surface area contributed by atoms with Crippen molar-refractivity contribution in [3.8, 4) is 0 Å². The van der Waals surface area contributed by atoms with Gasteiger partial charge < -0.3 is 10.0 Å². The SMILES string of the molecule is CC[C@@](O)(c1ccccc1)[C@@H](CN1CCCCC1)c1ccccc1. The standard InChI is InChI=1S/C22H29NO/c1-2-22(24,20-14-8-4-9-15-20)21(19-12-6-3-7-13-19)18-23-16-10-5-11-17-23/h3-4,6-9,12-15,21,24H,2,5,10-11,16-18H2,1H3/t21-,22+/m0/s1. The van der Waals surface area contributed by atoms with Gasteiger partial charge in [-0.3, -0.25) is 0 Å². The topological polar surface area (TPSA) is 23.5 Å².